The zero-order valence-corrected chi connectivity index (χ0v) is 36.0. The molecule has 13 rings (SSSR count). The van der Waals surface area contributed by atoms with Crippen LogP contribution in [0, 0.1) is 0 Å². The maximum absolute atomic E-state index is 7.05. The second-order valence-electron chi connectivity index (χ2n) is 16.7. The summed E-state index contributed by atoms with van der Waals surface area (Å²) in [6.45, 7) is 0. The highest BCUT2D eigenvalue weighted by atomic mass is 16.3. The van der Waals surface area contributed by atoms with Gasteiger partial charge in [0.25, 0.3) is 0 Å². The van der Waals surface area contributed by atoms with Gasteiger partial charge in [-0.3, -0.25) is 0 Å². The van der Waals surface area contributed by atoms with E-state index in [1.54, 1.807) is 0 Å². The molecule has 0 fully saturated rings. The molecule has 3 aromatic heterocycles. The first kappa shape index (κ1) is 38.3. The molecule has 0 spiro atoms. The smallest absolute Gasteiger partial charge is 0.164 e. The molecule has 0 amide bonds. The van der Waals surface area contributed by atoms with Crippen molar-refractivity contribution in [3.05, 3.63) is 231 Å². The highest BCUT2D eigenvalue weighted by molar-refractivity contribution is 6.24. The molecule has 0 saturated heterocycles. The summed E-state index contributed by atoms with van der Waals surface area (Å²) in [5.41, 5.74) is 13.3. The normalized spacial score (nSPS) is 11.6. The minimum atomic E-state index is 0.552. The fraction of sp³-hybridized carbons (Fsp3) is 0. The fourth-order valence-corrected chi connectivity index (χ4v) is 9.53. The quantitative estimate of drug-likeness (QED) is 0.152. The van der Waals surface area contributed by atoms with Crippen molar-refractivity contribution in [1.29, 1.82) is 0 Å². The van der Waals surface area contributed by atoms with Gasteiger partial charge in [0.15, 0.2) is 17.5 Å². The number of furan rings is 2. The molecule has 0 unspecified atom stereocenters. The van der Waals surface area contributed by atoms with E-state index in [2.05, 4.69) is 169 Å². The lowest BCUT2D eigenvalue weighted by molar-refractivity contribution is 0.669. The van der Waals surface area contributed by atoms with Gasteiger partial charge in [-0.05, 0) is 106 Å². The van der Waals surface area contributed by atoms with Gasteiger partial charge in [0.1, 0.15) is 22.3 Å². The van der Waals surface area contributed by atoms with Gasteiger partial charge in [0.2, 0.25) is 0 Å². The molecule has 0 aliphatic rings. The molecule has 0 N–H and O–H groups in total. The van der Waals surface area contributed by atoms with Crippen LogP contribution in [0.1, 0.15) is 0 Å². The molecule has 0 bridgehead atoms. The average Bonchev–Trinajstić information content (AvgIpc) is 3.99. The number of aromatic nitrogens is 3. The van der Waals surface area contributed by atoms with Crippen LogP contribution in [0.15, 0.2) is 239 Å². The third kappa shape index (κ3) is 6.70. The summed E-state index contributed by atoms with van der Waals surface area (Å²) in [7, 11) is 0. The summed E-state index contributed by atoms with van der Waals surface area (Å²) in [6, 6.07) is 79.9. The Hall–Kier alpha value is -9.13. The number of para-hydroxylation sites is 2. The number of hydrogen-bond acceptors (Lipinski definition) is 6. The van der Waals surface area contributed by atoms with Crippen molar-refractivity contribution in [2.24, 2.45) is 0 Å². The van der Waals surface area contributed by atoms with Crippen molar-refractivity contribution < 1.29 is 8.83 Å². The van der Waals surface area contributed by atoms with Gasteiger partial charge >= 0.3 is 0 Å². The molecule has 10 aromatic carbocycles. The molecular formula is C61H38N4O2. The van der Waals surface area contributed by atoms with Gasteiger partial charge < -0.3 is 13.7 Å². The molecule has 0 saturated carbocycles. The number of rotatable bonds is 8. The van der Waals surface area contributed by atoms with E-state index in [0.717, 1.165) is 99.5 Å². The predicted molar refractivity (Wildman–Crippen MR) is 274 cm³/mol. The molecule has 13 aromatic rings. The number of benzene rings is 10. The van der Waals surface area contributed by atoms with E-state index in [4.69, 9.17) is 23.8 Å². The minimum absolute atomic E-state index is 0.552. The van der Waals surface area contributed by atoms with E-state index in [0.29, 0.717) is 17.5 Å². The van der Waals surface area contributed by atoms with Crippen LogP contribution in [0.25, 0.3) is 111 Å². The van der Waals surface area contributed by atoms with E-state index in [9.17, 15) is 0 Å². The summed E-state index contributed by atoms with van der Waals surface area (Å²) >= 11 is 0. The minimum Gasteiger partial charge on any atom is -0.456 e. The average molecular weight is 859 g/mol. The lowest BCUT2D eigenvalue weighted by Gasteiger charge is -2.26. The van der Waals surface area contributed by atoms with Crippen LogP contribution >= 0.6 is 0 Å². The lowest BCUT2D eigenvalue weighted by atomic mass is 9.95. The Morgan fingerprint density at radius 3 is 1.67 bits per heavy atom. The first-order valence-corrected chi connectivity index (χ1v) is 22.4. The molecule has 67 heavy (non-hydrogen) atoms. The van der Waals surface area contributed by atoms with Gasteiger partial charge in [-0.25, -0.2) is 15.0 Å². The highest BCUT2D eigenvalue weighted by Gasteiger charge is 2.23. The van der Waals surface area contributed by atoms with Crippen molar-refractivity contribution in [1.82, 2.24) is 15.0 Å². The van der Waals surface area contributed by atoms with Crippen LogP contribution in [0.4, 0.5) is 17.1 Å². The Morgan fingerprint density at radius 2 is 0.866 bits per heavy atom. The first-order valence-electron chi connectivity index (χ1n) is 22.4. The topological polar surface area (TPSA) is 68.2 Å². The summed E-state index contributed by atoms with van der Waals surface area (Å²) in [5.74, 6) is 1.70. The van der Waals surface area contributed by atoms with Crippen LogP contribution in [0.5, 0.6) is 0 Å². The largest absolute Gasteiger partial charge is 0.456 e. The molecule has 6 heteroatoms. The van der Waals surface area contributed by atoms with Crippen LogP contribution in [-0.4, -0.2) is 15.0 Å². The fourth-order valence-electron chi connectivity index (χ4n) is 9.53. The first-order chi connectivity index (χ1) is 33.2. The monoisotopic (exact) mass is 858 g/mol. The van der Waals surface area contributed by atoms with E-state index in [1.807, 2.05) is 66.7 Å². The molecule has 0 aliphatic heterocycles. The molecule has 0 atom stereocenters. The van der Waals surface area contributed by atoms with Crippen molar-refractivity contribution in [3.8, 4) is 56.4 Å². The number of nitrogens with zero attached hydrogens (tertiary/aromatic N) is 4. The number of fused-ring (bicyclic) bond motifs is 8. The Balaban J connectivity index is 1.01. The van der Waals surface area contributed by atoms with Crippen LogP contribution in [0.3, 0.4) is 0 Å². The third-order valence-corrected chi connectivity index (χ3v) is 12.7. The summed E-state index contributed by atoms with van der Waals surface area (Å²) in [6.07, 6.45) is 0. The van der Waals surface area contributed by atoms with Crippen molar-refractivity contribution in [3.63, 3.8) is 0 Å². The van der Waals surface area contributed by atoms with E-state index in [-0.39, 0.29) is 0 Å². The van der Waals surface area contributed by atoms with Gasteiger partial charge in [0.05, 0.1) is 0 Å². The SMILES string of the molecule is c1ccc(-c2ccc(N(c3ccccc3)c3cccc(-c4ccc(-c5nc(-c6ccccc6)nc(-c6ccc7oc8ccccc8c7c6)n5)c5c4oc4ccc6ccccc6c45)c3)cc2)cc1. The summed E-state index contributed by atoms with van der Waals surface area (Å²) in [5, 5.41) is 6.22. The predicted octanol–water partition coefficient (Wildman–Crippen LogP) is 16.6. The standard InChI is InChI=1S/C61H38N4O2/c1-4-15-39(16-5-1)40-27-31-46(32-28-40)65(45-21-8-3-9-22-45)47-23-14-20-43(37-47)49-33-34-51(57-56-48-24-11-10-17-41(48)29-36-55(56)67-58(49)57)61-63-59(42-18-6-2-7-19-42)62-60(64-61)44-30-35-54-52(38-44)50-25-12-13-26-53(50)66-54/h1-38H. The van der Waals surface area contributed by atoms with Gasteiger partial charge in [-0.15, -0.1) is 0 Å². The summed E-state index contributed by atoms with van der Waals surface area (Å²) < 4.78 is 13.3. The second-order valence-corrected chi connectivity index (χ2v) is 16.7. The van der Waals surface area contributed by atoms with Crippen molar-refractivity contribution in [2.45, 2.75) is 0 Å². The zero-order chi connectivity index (χ0) is 44.3. The Kier molecular flexibility index (Phi) is 9.06. The van der Waals surface area contributed by atoms with Gasteiger partial charge in [-0.2, -0.15) is 0 Å². The Labute approximate surface area is 385 Å². The molecular weight excluding hydrogens is 821 g/mol. The van der Waals surface area contributed by atoms with Crippen LogP contribution in [-0.2, 0) is 0 Å². The molecule has 314 valence electrons. The van der Waals surface area contributed by atoms with E-state index < -0.39 is 0 Å². The van der Waals surface area contributed by atoms with Crippen molar-refractivity contribution >= 4 is 71.7 Å². The van der Waals surface area contributed by atoms with E-state index >= 15 is 0 Å². The van der Waals surface area contributed by atoms with Gasteiger partial charge in [0, 0.05) is 60.9 Å². The molecule has 3 heterocycles. The highest BCUT2D eigenvalue weighted by Crippen LogP contribution is 2.46. The maximum Gasteiger partial charge on any atom is 0.164 e. The molecule has 6 nitrogen and oxygen atoms in total. The van der Waals surface area contributed by atoms with Crippen LogP contribution in [0.2, 0.25) is 0 Å². The number of hydrogen-bond donors (Lipinski definition) is 0. The maximum atomic E-state index is 7.05. The van der Waals surface area contributed by atoms with Crippen LogP contribution < -0.4 is 4.90 Å². The molecule has 0 aliphatic carbocycles. The zero-order valence-electron chi connectivity index (χ0n) is 36.0. The van der Waals surface area contributed by atoms with Gasteiger partial charge in [-0.1, -0.05) is 152 Å². The summed E-state index contributed by atoms with van der Waals surface area (Å²) in [4.78, 5) is 18.0. The van der Waals surface area contributed by atoms with E-state index in [1.165, 1.54) is 11.1 Å². The Morgan fingerprint density at radius 1 is 0.299 bits per heavy atom. The third-order valence-electron chi connectivity index (χ3n) is 12.7. The lowest BCUT2D eigenvalue weighted by Crippen LogP contribution is -2.09. The van der Waals surface area contributed by atoms with Crippen molar-refractivity contribution in [2.75, 3.05) is 4.90 Å². The second kappa shape index (κ2) is 15.8. The number of anilines is 3. The molecule has 0 radical (unpaired) electrons. The Bertz CT molecular complexity index is 3980.